The van der Waals surface area contributed by atoms with E-state index in [1.54, 1.807) is 0 Å². The van der Waals surface area contributed by atoms with Crippen LogP contribution in [-0.2, 0) is 0 Å². The van der Waals surface area contributed by atoms with Crippen molar-refractivity contribution in [2.24, 2.45) is 0 Å². The van der Waals surface area contributed by atoms with Gasteiger partial charge in [-0.05, 0) is 30.3 Å². The lowest BCUT2D eigenvalue weighted by Crippen LogP contribution is -2.16. The summed E-state index contributed by atoms with van der Waals surface area (Å²) in [4.78, 5) is 25.8. The van der Waals surface area contributed by atoms with E-state index in [-0.39, 0.29) is 34.2 Å². The van der Waals surface area contributed by atoms with Gasteiger partial charge in [0.2, 0.25) is 5.89 Å². The third-order valence-corrected chi connectivity index (χ3v) is 3.45. The minimum atomic E-state index is -4.82. The molecule has 3 aromatic rings. The molecule has 0 radical (unpaired) electrons. The third kappa shape index (κ3) is 3.94. The number of hydrogen-bond acceptors (Lipinski definition) is 6. The molecule has 0 bridgehead atoms. The van der Waals surface area contributed by atoms with Gasteiger partial charge in [-0.1, -0.05) is 12.1 Å². The van der Waals surface area contributed by atoms with E-state index in [9.17, 15) is 28.1 Å². The number of nitro benzene ring substituents is 1. The van der Waals surface area contributed by atoms with E-state index in [4.69, 9.17) is 4.42 Å². The topological polar surface area (TPSA) is 95.5 Å². The molecule has 10 heteroatoms. The number of alkyl halides is 3. The number of aldehydes is 1. The highest BCUT2D eigenvalue weighted by Crippen LogP contribution is 2.35. The van der Waals surface area contributed by atoms with Crippen LogP contribution in [0, 0.1) is 10.1 Å². The Kier molecular flexibility index (Phi) is 4.63. The van der Waals surface area contributed by atoms with Crippen LogP contribution in [0.25, 0.3) is 22.8 Å². The molecule has 0 saturated carbocycles. The molecule has 138 valence electrons. The van der Waals surface area contributed by atoms with Gasteiger partial charge in [0.15, 0.2) is 17.7 Å². The van der Waals surface area contributed by atoms with Crippen molar-refractivity contribution in [3.63, 3.8) is 0 Å². The lowest BCUT2D eigenvalue weighted by atomic mass is 10.1. The summed E-state index contributed by atoms with van der Waals surface area (Å²) in [7, 11) is 0. The van der Waals surface area contributed by atoms with Crippen molar-refractivity contribution >= 4 is 12.0 Å². The number of carbonyl (C=O) groups is 1. The number of nitro groups is 1. The SMILES string of the molecule is O=Cc1nc(-c2ccc(OC(F)(F)F)cc2)oc1-c1ccccc1[N+](=O)[O-]. The standard InChI is InChI=1S/C17H9F3N2O5/c18-17(19,20)27-11-7-5-10(6-8-11)16-21-13(9-23)15(26-16)12-3-1-2-4-14(12)22(24)25/h1-9H. The second-order valence-electron chi connectivity index (χ2n) is 5.20. The molecule has 0 aliphatic rings. The first-order chi connectivity index (χ1) is 12.8. The van der Waals surface area contributed by atoms with Crippen LogP contribution in [0.15, 0.2) is 52.9 Å². The molecule has 0 aliphatic heterocycles. The van der Waals surface area contributed by atoms with Crippen LogP contribution < -0.4 is 4.74 Å². The first-order valence-electron chi connectivity index (χ1n) is 7.34. The van der Waals surface area contributed by atoms with Crippen LogP contribution in [0.2, 0.25) is 0 Å². The van der Waals surface area contributed by atoms with Crippen molar-refractivity contribution in [3.05, 3.63) is 64.3 Å². The minimum absolute atomic E-state index is 0.0559. The number of ether oxygens (including phenoxy) is 1. The monoisotopic (exact) mass is 378 g/mol. The second-order valence-corrected chi connectivity index (χ2v) is 5.20. The summed E-state index contributed by atoms with van der Waals surface area (Å²) in [5, 5.41) is 11.2. The van der Waals surface area contributed by atoms with Gasteiger partial charge in [-0.3, -0.25) is 14.9 Å². The molecule has 7 nitrogen and oxygen atoms in total. The number of benzene rings is 2. The summed E-state index contributed by atoms with van der Waals surface area (Å²) in [5.41, 5.74) is -0.134. The summed E-state index contributed by atoms with van der Waals surface area (Å²) in [6.07, 6.45) is -4.45. The second kappa shape index (κ2) is 6.90. The maximum Gasteiger partial charge on any atom is 0.573 e. The van der Waals surface area contributed by atoms with Crippen LogP contribution in [0.1, 0.15) is 10.5 Å². The van der Waals surface area contributed by atoms with Crippen LogP contribution in [0.5, 0.6) is 5.75 Å². The van der Waals surface area contributed by atoms with Crippen molar-refractivity contribution in [3.8, 4) is 28.5 Å². The fourth-order valence-electron chi connectivity index (χ4n) is 2.35. The van der Waals surface area contributed by atoms with Gasteiger partial charge < -0.3 is 9.15 Å². The summed E-state index contributed by atoms with van der Waals surface area (Å²) in [6, 6.07) is 10.2. The number of halogens is 3. The average molecular weight is 378 g/mol. The molecular formula is C17H9F3N2O5. The van der Waals surface area contributed by atoms with E-state index in [1.807, 2.05) is 0 Å². The Balaban J connectivity index is 2.01. The molecule has 0 N–H and O–H groups in total. The molecule has 27 heavy (non-hydrogen) atoms. The molecule has 0 atom stereocenters. The first kappa shape index (κ1) is 18.1. The molecular weight excluding hydrogens is 369 g/mol. The van der Waals surface area contributed by atoms with Crippen molar-refractivity contribution in [2.45, 2.75) is 6.36 Å². The lowest BCUT2D eigenvalue weighted by molar-refractivity contribution is -0.384. The molecule has 2 aromatic carbocycles. The van der Waals surface area contributed by atoms with E-state index < -0.39 is 17.0 Å². The zero-order valence-electron chi connectivity index (χ0n) is 13.3. The molecule has 1 aromatic heterocycles. The number of aromatic nitrogens is 1. The predicted molar refractivity (Wildman–Crippen MR) is 86.1 cm³/mol. The van der Waals surface area contributed by atoms with Gasteiger partial charge in [0.05, 0.1) is 10.5 Å². The van der Waals surface area contributed by atoms with Gasteiger partial charge in [-0.25, -0.2) is 4.98 Å². The normalized spacial score (nSPS) is 11.2. The Bertz CT molecular complexity index is 997. The fourth-order valence-corrected chi connectivity index (χ4v) is 2.35. The van der Waals surface area contributed by atoms with E-state index >= 15 is 0 Å². The zero-order chi connectivity index (χ0) is 19.6. The van der Waals surface area contributed by atoms with E-state index in [2.05, 4.69) is 9.72 Å². The Hall–Kier alpha value is -3.69. The smallest absolute Gasteiger partial charge is 0.435 e. The van der Waals surface area contributed by atoms with Gasteiger partial charge in [0.1, 0.15) is 5.75 Å². The van der Waals surface area contributed by atoms with Crippen LogP contribution in [0.3, 0.4) is 0 Å². The molecule has 1 heterocycles. The maximum atomic E-state index is 12.2. The molecule has 3 rings (SSSR count). The largest absolute Gasteiger partial charge is 0.573 e. The summed E-state index contributed by atoms with van der Waals surface area (Å²) < 4.78 is 45.9. The van der Waals surface area contributed by atoms with Crippen molar-refractivity contribution in [2.75, 3.05) is 0 Å². The number of rotatable bonds is 5. The van der Waals surface area contributed by atoms with Crippen molar-refractivity contribution in [1.82, 2.24) is 4.98 Å². The van der Waals surface area contributed by atoms with Gasteiger partial charge in [0, 0.05) is 11.6 Å². The lowest BCUT2D eigenvalue weighted by Gasteiger charge is -2.08. The summed E-state index contributed by atoms with van der Waals surface area (Å²) in [5.74, 6) is -0.626. The third-order valence-electron chi connectivity index (χ3n) is 3.45. The highest BCUT2D eigenvalue weighted by Gasteiger charge is 2.31. The number of hydrogen-bond donors (Lipinski definition) is 0. The summed E-state index contributed by atoms with van der Waals surface area (Å²) >= 11 is 0. The first-order valence-corrected chi connectivity index (χ1v) is 7.34. The maximum absolute atomic E-state index is 12.2. The number of para-hydroxylation sites is 1. The number of nitrogens with zero attached hydrogens (tertiary/aromatic N) is 2. The number of carbonyl (C=O) groups excluding carboxylic acids is 1. The van der Waals surface area contributed by atoms with E-state index in [0.717, 1.165) is 12.1 Å². The van der Waals surface area contributed by atoms with Crippen molar-refractivity contribution < 1.29 is 32.0 Å². The van der Waals surface area contributed by atoms with Crippen LogP contribution >= 0.6 is 0 Å². The Morgan fingerprint density at radius 1 is 1.11 bits per heavy atom. The van der Waals surface area contributed by atoms with Gasteiger partial charge in [0.25, 0.3) is 5.69 Å². The highest BCUT2D eigenvalue weighted by molar-refractivity contribution is 5.86. The molecule has 0 fully saturated rings. The minimum Gasteiger partial charge on any atom is -0.435 e. The number of oxazole rings is 1. The Morgan fingerprint density at radius 3 is 2.37 bits per heavy atom. The molecule has 0 aliphatic carbocycles. The average Bonchev–Trinajstić information content (AvgIpc) is 3.05. The van der Waals surface area contributed by atoms with E-state index in [0.29, 0.717) is 6.29 Å². The predicted octanol–water partition coefficient (Wildman–Crippen LogP) is 4.63. The van der Waals surface area contributed by atoms with Crippen LogP contribution in [-0.4, -0.2) is 22.6 Å². The molecule has 0 amide bonds. The van der Waals surface area contributed by atoms with Crippen LogP contribution in [0.4, 0.5) is 18.9 Å². The fraction of sp³-hybridized carbons (Fsp3) is 0.0588. The van der Waals surface area contributed by atoms with E-state index in [1.165, 1.54) is 36.4 Å². The van der Waals surface area contributed by atoms with Gasteiger partial charge in [-0.15, -0.1) is 13.2 Å². The Labute approximate surface area is 149 Å². The molecule has 0 saturated heterocycles. The van der Waals surface area contributed by atoms with Crippen molar-refractivity contribution in [1.29, 1.82) is 0 Å². The van der Waals surface area contributed by atoms with Gasteiger partial charge in [-0.2, -0.15) is 0 Å². The summed E-state index contributed by atoms with van der Waals surface area (Å²) in [6.45, 7) is 0. The highest BCUT2D eigenvalue weighted by atomic mass is 19.4. The molecule has 0 spiro atoms. The quantitative estimate of drug-likeness (QED) is 0.365. The molecule has 0 unspecified atom stereocenters. The Morgan fingerprint density at radius 2 is 1.78 bits per heavy atom. The van der Waals surface area contributed by atoms with Gasteiger partial charge >= 0.3 is 6.36 Å². The zero-order valence-corrected chi connectivity index (χ0v) is 13.3.